The van der Waals surface area contributed by atoms with Gasteiger partial charge >= 0.3 is 5.97 Å². The zero-order chi connectivity index (χ0) is 12.3. The van der Waals surface area contributed by atoms with E-state index in [9.17, 15) is 9.90 Å². The second kappa shape index (κ2) is 4.71. The van der Waals surface area contributed by atoms with E-state index in [0.29, 0.717) is 12.0 Å². The van der Waals surface area contributed by atoms with Crippen LogP contribution in [0.1, 0.15) is 22.8 Å². The molecule has 2 heteroatoms. The topological polar surface area (TPSA) is 37.3 Å². The molecule has 2 aromatic rings. The van der Waals surface area contributed by atoms with Crippen molar-refractivity contribution in [2.75, 3.05) is 0 Å². The molecule has 0 aliphatic carbocycles. The number of aromatic carboxylic acids is 1. The number of carbonyl (C=O) groups is 1. The van der Waals surface area contributed by atoms with Crippen molar-refractivity contribution in [2.45, 2.75) is 13.3 Å². The Balaban J connectivity index is 2.65. The van der Waals surface area contributed by atoms with Gasteiger partial charge in [0.15, 0.2) is 0 Å². The van der Waals surface area contributed by atoms with E-state index in [1.54, 1.807) is 13.0 Å². The van der Waals surface area contributed by atoms with E-state index in [1.807, 2.05) is 30.3 Å². The van der Waals surface area contributed by atoms with Crippen LogP contribution in [0, 0.1) is 11.8 Å². The lowest BCUT2D eigenvalue weighted by Crippen LogP contribution is -1.99. The van der Waals surface area contributed by atoms with Crippen molar-refractivity contribution in [3.8, 4) is 11.8 Å². The second-order valence-electron chi connectivity index (χ2n) is 3.77. The average Bonchev–Trinajstić information content (AvgIpc) is 2.35. The number of hydrogen-bond acceptors (Lipinski definition) is 1. The van der Waals surface area contributed by atoms with Crippen LogP contribution in [0.25, 0.3) is 10.8 Å². The van der Waals surface area contributed by atoms with Gasteiger partial charge in [-0.25, -0.2) is 4.79 Å². The Morgan fingerprint density at radius 1 is 1.29 bits per heavy atom. The number of carboxylic acids is 1. The molecule has 0 fully saturated rings. The third-order valence-corrected chi connectivity index (χ3v) is 2.62. The smallest absolute Gasteiger partial charge is 0.336 e. The molecule has 2 rings (SSSR count). The molecule has 0 spiro atoms. The molecule has 0 saturated heterocycles. The van der Waals surface area contributed by atoms with Gasteiger partial charge in [0.05, 0.1) is 5.56 Å². The molecular weight excluding hydrogens is 212 g/mol. The lowest BCUT2D eigenvalue weighted by molar-refractivity contribution is 0.0699. The summed E-state index contributed by atoms with van der Waals surface area (Å²) in [4.78, 5) is 11.2. The van der Waals surface area contributed by atoms with Crippen molar-refractivity contribution >= 4 is 16.7 Å². The van der Waals surface area contributed by atoms with Crippen LogP contribution in [-0.2, 0) is 6.42 Å². The van der Waals surface area contributed by atoms with Crippen LogP contribution in [0.2, 0.25) is 0 Å². The maximum atomic E-state index is 11.2. The van der Waals surface area contributed by atoms with Crippen LogP contribution < -0.4 is 0 Å². The van der Waals surface area contributed by atoms with Gasteiger partial charge in [0.1, 0.15) is 0 Å². The lowest BCUT2D eigenvalue weighted by Gasteiger charge is -2.05. The summed E-state index contributed by atoms with van der Waals surface area (Å²) in [5.74, 6) is 4.87. The normalized spacial score (nSPS) is 9.71. The van der Waals surface area contributed by atoms with E-state index in [4.69, 9.17) is 0 Å². The van der Waals surface area contributed by atoms with Gasteiger partial charge in [-0.05, 0) is 29.3 Å². The minimum absolute atomic E-state index is 0.344. The van der Waals surface area contributed by atoms with Crippen molar-refractivity contribution in [3.05, 3.63) is 47.5 Å². The summed E-state index contributed by atoms with van der Waals surface area (Å²) < 4.78 is 0. The predicted molar refractivity (Wildman–Crippen MR) is 68.1 cm³/mol. The van der Waals surface area contributed by atoms with Crippen molar-refractivity contribution in [2.24, 2.45) is 0 Å². The fourth-order valence-electron chi connectivity index (χ4n) is 1.84. The number of rotatable bonds is 2. The van der Waals surface area contributed by atoms with Crippen LogP contribution in [0.3, 0.4) is 0 Å². The quantitative estimate of drug-likeness (QED) is 0.796. The maximum Gasteiger partial charge on any atom is 0.336 e. The first kappa shape index (κ1) is 11.2. The third kappa shape index (κ3) is 2.29. The molecule has 0 bridgehead atoms. The highest BCUT2D eigenvalue weighted by Crippen LogP contribution is 2.21. The fraction of sp³-hybridized carbons (Fsp3) is 0.133. The zero-order valence-electron chi connectivity index (χ0n) is 9.53. The van der Waals surface area contributed by atoms with Gasteiger partial charge in [-0.2, -0.15) is 0 Å². The first-order valence-corrected chi connectivity index (χ1v) is 5.37. The number of benzene rings is 2. The van der Waals surface area contributed by atoms with E-state index in [-0.39, 0.29) is 0 Å². The van der Waals surface area contributed by atoms with Gasteiger partial charge in [-0.1, -0.05) is 36.3 Å². The summed E-state index contributed by atoms with van der Waals surface area (Å²) in [6.45, 7) is 1.78. The standard InChI is InChI=1S/C15H12O2/c1-2-3-6-11-9-12-7-4-5-8-13(12)14(10-11)15(16)17/h4-5,7-10H,6H2,1H3,(H,16,17). The Morgan fingerprint density at radius 3 is 2.76 bits per heavy atom. The van der Waals surface area contributed by atoms with Gasteiger partial charge in [-0.3, -0.25) is 0 Å². The summed E-state index contributed by atoms with van der Waals surface area (Å²) in [6.07, 6.45) is 0.585. The minimum Gasteiger partial charge on any atom is -0.478 e. The number of hydrogen-bond donors (Lipinski definition) is 1. The first-order valence-electron chi connectivity index (χ1n) is 5.37. The van der Waals surface area contributed by atoms with Crippen molar-refractivity contribution in [1.82, 2.24) is 0 Å². The zero-order valence-corrected chi connectivity index (χ0v) is 9.53. The number of fused-ring (bicyclic) bond motifs is 1. The summed E-state index contributed by atoms with van der Waals surface area (Å²) >= 11 is 0. The minimum atomic E-state index is -0.896. The van der Waals surface area contributed by atoms with Gasteiger partial charge in [0, 0.05) is 6.42 Å². The monoisotopic (exact) mass is 224 g/mol. The molecule has 2 nitrogen and oxygen atoms in total. The molecule has 17 heavy (non-hydrogen) atoms. The van der Waals surface area contributed by atoms with Crippen LogP contribution >= 0.6 is 0 Å². The van der Waals surface area contributed by atoms with Crippen molar-refractivity contribution < 1.29 is 9.90 Å². The highest BCUT2D eigenvalue weighted by molar-refractivity contribution is 6.04. The van der Waals surface area contributed by atoms with Crippen LogP contribution in [0.15, 0.2) is 36.4 Å². The fourth-order valence-corrected chi connectivity index (χ4v) is 1.84. The Labute approximate surface area is 99.9 Å². The Bertz CT molecular complexity index is 630. The first-order chi connectivity index (χ1) is 8.22. The maximum absolute atomic E-state index is 11.2. The van der Waals surface area contributed by atoms with E-state index >= 15 is 0 Å². The molecule has 0 aliphatic heterocycles. The Kier molecular flexibility index (Phi) is 3.11. The second-order valence-corrected chi connectivity index (χ2v) is 3.77. The van der Waals surface area contributed by atoms with E-state index in [2.05, 4.69) is 11.8 Å². The van der Waals surface area contributed by atoms with Crippen molar-refractivity contribution in [3.63, 3.8) is 0 Å². The van der Waals surface area contributed by atoms with Gasteiger partial charge < -0.3 is 5.11 Å². The molecule has 0 amide bonds. The van der Waals surface area contributed by atoms with Crippen LogP contribution in [0.4, 0.5) is 0 Å². The highest BCUT2D eigenvalue weighted by atomic mass is 16.4. The average molecular weight is 224 g/mol. The Hall–Kier alpha value is -2.27. The van der Waals surface area contributed by atoms with Crippen molar-refractivity contribution in [1.29, 1.82) is 0 Å². The van der Waals surface area contributed by atoms with E-state index < -0.39 is 5.97 Å². The SMILES string of the molecule is CC#CCc1cc(C(=O)O)c2ccccc2c1. The molecule has 0 unspecified atom stereocenters. The van der Waals surface area contributed by atoms with E-state index in [1.165, 1.54) is 0 Å². The lowest BCUT2D eigenvalue weighted by atomic mass is 9.99. The molecule has 1 N–H and O–H groups in total. The molecule has 0 atom stereocenters. The van der Waals surface area contributed by atoms with E-state index in [0.717, 1.165) is 16.3 Å². The summed E-state index contributed by atoms with van der Waals surface area (Å²) in [5.41, 5.74) is 1.28. The summed E-state index contributed by atoms with van der Waals surface area (Å²) in [5, 5.41) is 10.9. The van der Waals surface area contributed by atoms with Gasteiger partial charge in [0.2, 0.25) is 0 Å². The van der Waals surface area contributed by atoms with Crippen LogP contribution in [-0.4, -0.2) is 11.1 Å². The summed E-state index contributed by atoms with van der Waals surface area (Å²) in [7, 11) is 0. The number of carboxylic acid groups (broad SMARTS) is 1. The van der Waals surface area contributed by atoms with Crippen LogP contribution in [0.5, 0.6) is 0 Å². The molecule has 0 aromatic heterocycles. The highest BCUT2D eigenvalue weighted by Gasteiger charge is 2.09. The molecule has 2 aromatic carbocycles. The molecule has 84 valence electrons. The molecule has 0 radical (unpaired) electrons. The van der Waals surface area contributed by atoms with Gasteiger partial charge in [-0.15, -0.1) is 5.92 Å². The molecule has 0 heterocycles. The predicted octanol–water partition coefficient (Wildman–Crippen LogP) is 3.10. The Morgan fingerprint density at radius 2 is 2.06 bits per heavy atom. The molecule has 0 saturated carbocycles. The molecular formula is C15H12O2. The van der Waals surface area contributed by atoms with Gasteiger partial charge in [0.25, 0.3) is 0 Å². The third-order valence-electron chi connectivity index (χ3n) is 2.62. The summed E-state index contributed by atoms with van der Waals surface area (Å²) in [6, 6.07) is 11.2. The molecule has 0 aliphatic rings. The largest absolute Gasteiger partial charge is 0.478 e.